The normalized spacial score (nSPS) is 21.3. The van der Waals surface area contributed by atoms with Crippen LogP contribution < -0.4 is 5.32 Å². The van der Waals surface area contributed by atoms with Crippen molar-refractivity contribution in [2.24, 2.45) is 11.8 Å². The second-order valence-electron chi connectivity index (χ2n) is 5.89. The maximum atomic E-state index is 12.2. The van der Waals surface area contributed by atoms with Crippen LogP contribution >= 0.6 is 0 Å². The summed E-state index contributed by atoms with van der Waals surface area (Å²) in [6.07, 6.45) is 1.50. The van der Waals surface area contributed by atoms with Gasteiger partial charge in [0.2, 0.25) is 5.91 Å². The molecule has 1 rings (SSSR count). The van der Waals surface area contributed by atoms with E-state index in [-0.39, 0.29) is 17.9 Å². The lowest BCUT2D eigenvalue weighted by atomic mass is 9.96. The van der Waals surface area contributed by atoms with Gasteiger partial charge in [-0.15, -0.1) is 0 Å². The number of carbonyl (C=O) groups is 3. The van der Waals surface area contributed by atoms with Crippen molar-refractivity contribution in [3.8, 4) is 0 Å². The van der Waals surface area contributed by atoms with E-state index < -0.39 is 17.9 Å². The summed E-state index contributed by atoms with van der Waals surface area (Å²) < 4.78 is 0. The second kappa shape index (κ2) is 7.28. The number of urea groups is 1. The standard InChI is InChI=1S/C14H25N3O4/c1-9(13(19)20)10(2)15-12(18)11-6-5-7-17(8-11)14(21)16(3)4/h9-11H,5-8H2,1-4H3,(H,15,18)(H,19,20). The molecule has 0 aliphatic carbocycles. The van der Waals surface area contributed by atoms with Crippen molar-refractivity contribution in [1.29, 1.82) is 0 Å². The summed E-state index contributed by atoms with van der Waals surface area (Å²) in [7, 11) is 3.37. The van der Waals surface area contributed by atoms with Gasteiger partial charge < -0.3 is 20.2 Å². The number of hydrogen-bond acceptors (Lipinski definition) is 3. The Morgan fingerprint density at radius 1 is 1.29 bits per heavy atom. The third-order valence-corrected chi connectivity index (χ3v) is 3.95. The van der Waals surface area contributed by atoms with Crippen LogP contribution in [0.5, 0.6) is 0 Å². The zero-order chi connectivity index (χ0) is 16.2. The Labute approximate surface area is 125 Å². The third-order valence-electron chi connectivity index (χ3n) is 3.95. The zero-order valence-corrected chi connectivity index (χ0v) is 13.1. The van der Waals surface area contributed by atoms with E-state index >= 15 is 0 Å². The van der Waals surface area contributed by atoms with Crippen molar-refractivity contribution in [3.63, 3.8) is 0 Å². The van der Waals surface area contributed by atoms with Gasteiger partial charge in [0, 0.05) is 33.2 Å². The molecule has 0 aromatic heterocycles. The summed E-state index contributed by atoms with van der Waals surface area (Å²) in [4.78, 5) is 38.2. The van der Waals surface area contributed by atoms with Gasteiger partial charge in [0.15, 0.2) is 0 Å². The van der Waals surface area contributed by atoms with Gasteiger partial charge in [-0.2, -0.15) is 0 Å². The maximum Gasteiger partial charge on any atom is 0.319 e. The lowest BCUT2D eigenvalue weighted by molar-refractivity contribution is -0.142. The van der Waals surface area contributed by atoms with Crippen molar-refractivity contribution in [3.05, 3.63) is 0 Å². The molecule has 0 radical (unpaired) electrons. The van der Waals surface area contributed by atoms with Crippen LogP contribution in [0, 0.1) is 11.8 Å². The number of carboxylic acid groups (broad SMARTS) is 1. The first kappa shape index (κ1) is 17.3. The molecule has 0 spiro atoms. The van der Waals surface area contributed by atoms with E-state index in [9.17, 15) is 14.4 Å². The molecule has 3 atom stereocenters. The molecule has 1 aliphatic heterocycles. The average Bonchev–Trinajstić information content (AvgIpc) is 2.45. The molecule has 3 unspecified atom stereocenters. The molecule has 1 fully saturated rings. The summed E-state index contributed by atoms with van der Waals surface area (Å²) in [5.74, 6) is -2.02. The van der Waals surface area contributed by atoms with Crippen molar-refractivity contribution in [1.82, 2.24) is 15.1 Å². The van der Waals surface area contributed by atoms with Crippen LogP contribution in [0.2, 0.25) is 0 Å². The Balaban J connectivity index is 2.58. The number of aliphatic carboxylic acids is 1. The minimum absolute atomic E-state index is 0.0977. The first-order valence-corrected chi connectivity index (χ1v) is 7.23. The van der Waals surface area contributed by atoms with Gasteiger partial charge in [-0.3, -0.25) is 9.59 Å². The molecule has 21 heavy (non-hydrogen) atoms. The monoisotopic (exact) mass is 299 g/mol. The molecule has 0 saturated carbocycles. The molecule has 1 saturated heterocycles. The Bertz CT molecular complexity index is 411. The van der Waals surface area contributed by atoms with Gasteiger partial charge in [0.1, 0.15) is 0 Å². The highest BCUT2D eigenvalue weighted by Crippen LogP contribution is 2.18. The molecule has 0 bridgehead atoms. The fourth-order valence-electron chi connectivity index (χ4n) is 2.33. The van der Waals surface area contributed by atoms with Crippen LogP contribution in [0.3, 0.4) is 0 Å². The van der Waals surface area contributed by atoms with Gasteiger partial charge in [-0.1, -0.05) is 0 Å². The Morgan fingerprint density at radius 2 is 1.90 bits per heavy atom. The highest BCUT2D eigenvalue weighted by atomic mass is 16.4. The van der Waals surface area contributed by atoms with E-state index in [1.807, 2.05) is 0 Å². The predicted molar refractivity (Wildman–Crippen MR) is 77.8 cm³/mol. The number of piperidine rings is 1. The fraction of sp³-hybridized carbons (Fsp3) is 0.786. The first-order valence-electron chi connectivity index (χ1n) is 7.23. The number of likely N-dealkylation sites (tertiary alicyclic amines) is 1. The van der Waals surface area contributed by atoms with Crippen molar-refractivity contribution < 1.29 is 19.5 Å². The van der Waals surface area contributed by atoms with Crippen LogP contribution in [-0.4, -0.2) is 66.0 Å². The molecular formula is C14H25N3O4. The molecule has 7 nitrogen and oxygen atoms in total. The van der Waals surface area contributed by atoms with Gasteiger partial charge in [0.25, 0.3) is 0 Å². The molecular weight excluding hydrogens is 274 g/mol. The van der Waals surface area contributed by atoms with Crippen molar-refractivity contribution in [2.75, 3.05) is 27.2 Å². The summed E-state index contributed by atoms with van der Waals surface area (Å²) in [6.45, 7) is 4.29. The number of carbonyl (C=O) groups excluding carboxylic acids is 2. The second-order valence-corrected chi connectivity index (χ2v) is 5.89. The molecule has 120 valence electrons. The van der Waals surface area contributed by atoms with E-state index in [1.165, 1.54) is 4.90 Å². The van der Waals surface area contributed by atoms with Gasteiger partial charge in [-0.25, -0.2) is 4.79 Å². The Hall–Kier alpha value is -1.79. The van der Waals surface area contributed by atoms with Crippen LogP contribution in [-0.2, 0) is 9.59 Å². The lowest BCUT2D eigenvalue weighted by Gasteiger charge is -2.34. The first-order chi connectivity index (χ1) is 9.73. The zero-order valence-electron chi connectivity index (χ0n) is 13.1. The topological polar surface area (TPSA) is 90.0 Å². The van der Waals surface area contributed by atoms with Crippen molar-refractivity contribution in [2.45, 2.75) is 32.7 Å². The molecule has 1 aliphatic rings. The predicted octanol–water partition coefficient (Wildman–Crippen LogP) is 0.605. The molecule has 1 heterocycles. The minimum atomic E-state index is -0.934. The number of carboxylic acids is 1. The molecule has 2 N–H and O–H groups in total. The minimum Gasteiger partial charge on any atom is -0.481 e. The highest BCUT2D eigenvalue weighted by Gasteiger charge is 2.31. The summed E-state index contributed by atoms with van der Waals surface area (Å²) >= 11 is 0. The Morgan fingerprint density at radius 3 is 2.43 bits per heavy atom. The van der Waals surface area contributed by atoms with Gasteiger partial charge in [-0.05, 0) is 26.7 Å². The van der Waals surface area contributed by atoms with E-state index in [0.717, 1.165) is 12.8 Å². The number of nitrogens with one attached hydrogen (secondary N) is 1. The summed E-state index contributed by atoms with van der Waals surface area (Å²) in [5.41, 5.74) is 0. The van der Waals surface area contributed by atoms with E-state index in [1.54, 1.807) is 32.8 Å². The SMILES string of the molecule is CC(NC(=O)C1CCCN(C(=O)N(C)C)C1)C(C)C(=O)O. The molecule has 0 aromatic carbocycles. The fourth-order valence-corrected chi connectivity index (χ4v) is 2.33. The Kier molecular flexibility index (Phi) is 5.99. The largest absolute Gasteiger partial charge is 0.481 e. The average molecular weight is 299 g/mol. The number of rotatable bonds is 4. The van der Waals surface area contributed by atoms with E-state index in [4.69, 9.17) is 5.11 Å². The van der Waals surface area contributed by atoms with Crippen LogP contribution in [0.15, 0.2) is 0 Å². The smallest absolute Gasteiger partial charge is 0.319 e. The van der Waals surface area contributed by atoms with Crippen LogP contribution in [0.25, 0.3) is 0 Å². The molecule has 3 amide bonds. The number of hydrogen-bond donors (Lipinski definition) is 2. The van der Waals surface area contributed by atoms with E-state index in [0.29, 0.717) is 13.1 Å². The van der Waals surface area contributed by atoms with Crippen molar-refractivity contribution >= 4 is 17.9 Å². The number of amides is 3. The summed E-state index contributed by atoms with van der Waals surface area (Å²) in [6, 6.07) is -0.533. The molecule has 7 heteroatoms. The molecule has 0 aromatic rings. The highest BCUT2D eigenvalue weighted by molar-refractivity contribution is 5.81. The lowest BCUT2D eigenvalue weighted by Crippen LogP contribution is -2.50. The third kappa shape index (κ3) is 4.61. The summed E-state index contributed by atoms with van der Waals surface area (Å²) in [5, 5.41) is 11.7. The van der Waals surface area contributed by atoms with E-state index in [2.05, 4.69) is 5.32 Å². The maximum absolute atomic E-state index is 12.2. The van der Waals surface area contributed by atoms with Gasteiger partial charge in [0.05, 0.1) is 11.8 Å². The quantitative estimate of drug-likeness (QED) is 0.795. The van der Waals surface area contributed by atoms with Crippen LogP contribution in [0.4, 0.5) is 4.79 Å². The van der Waals surface area contributed by atoms with Gasteiger partial charge >= 0.3 is 12.0 Å². The van der Waals surface area contributed by atoms with Crippen LogP contribution in [0.1, 0.15) is 26.7 Å². The number of nitrogens with zero attached hydrogens (tertiary/aromatic N) is 2.